The number of carbonyl (C=O) groups is 1. The number of anilines is 1. The van der Waals surface area contributed by atoms with Crippen LogP contribution < -0.4 is 20.1 Å². The number of hydrogen-bond acceptors (Lipinski definition) is 5. The molecule has 0 bridgehead atoms. The van der Waals surface area contributed by atoms with Crippen LogP contribution in [-0.2, 0) is 0 Å². The molecule has 0 aliphatic carbocycles. The Balaban J connectivity index is 1.44. The van der Waals surface area contributed by atoms with Gasteiger partial charge in [-0.2, -0.15) is 0 Å². The van der Waals surface area contributed by atoms with Gasteiger partial charge in [0.05, 0.1) is 18.6 Å². The van der Waals surface area contributed by atoms with Crippen molar-refractivity contribution in [2.45, 2.75) is 12.5 Å². The first kappa shape index (κ1) is 14.3. The second-order valence-corrected chi connectivity index (χ2v) is 4.81. The summed E-state index contributed by atoms with van der Waals surface area (Å²) >= 11 is 0. The summed E-state index contributed by atoms with van der Waals surface area (Å²) in [6.07, 6.45) is 2.72. The molecule has 1 atom stereocenters. The molecule has 0 saturated carbocycles. The first-order valence-corrected chi connectivity index (χ1v) is 6.87. The van der Waals surface area contributed by atoms with Gasteiger partial charge in [-0.1, -0.05) is 0 Å². The van der Waals surface area contributed by atoms with Crippen molar-refractivity contribution in [3.63, 3.8) is 0 Å². The van der Waals surface area contributed by atoms with E-state index in [9.17, 15) is 9.90 Å². The van der Waals surface area contributed by atoms with Crippen molar-refractivity contribution in [3.05, 3.63) is 42.4 Å². The Kier molecular flexibility index (Phi) is 4.15. The lowest BCUT2D eigenvalue weighted by Gasteiger charge is -2.10. The highest BCUT2D eigenvalue weighted by Crippen LogP contribution is 2.34. The van der Waals surface area contributed by atoms with Gasteiger partial charge >= 0.3 is 6.03 Å². The van der Waals surface area contributed by atoms with Crippen LogP contribution in [0.2, 0.25) is 0 Å². The lowest BCUT2D eigenvalue weighted by molar-refractivity contribution is 0.166. The number of amides is 2. The number of carbonyl (C=O) groups excluding carboxylic acids is 1. The van der Waals surface area contributed by atoms with Gasteiger partial charge in [-0.15, -0.1) is 0 Å². The van der Waals surface area contributed by atoms with Gasteiger partial charge in [-0.3, -0.25) is 0 Å². The molecule has 0 radical (unpaired) electrons. The Morgan fingerprint density at radius 2 is 2.14 bits per heavy atom. The molecule has 0 fully saturated rings. The molecular weight excluding hydrogens is 288 g/mol. The summed E-state index contributed by atoms with van der Waals surface area (Å²) in [5, 5.41) is 15.2. The van der Waals surface area contributed by atoms with Crippen LogP contribution in [0.1, 0.15) is 18.1 Å². The number of urea groups is 1. The Labute approximate surface area is 126 Å². The highest BCUT2D eigenvalue weighted by atomic mass is 16.7. The standard InChI is InChI=1S/C15H16N2O5/c18-12(10-4-6-20-8-10)3-5-16-15(19)17-11-1-2-13-14(7-11)22-9-21-13/h1-2,4,6-8,12,18H,3,5,9H2,(H2,16,17,19)/t12-/m1/s1. The molecule has 0 spiro atoms. The molecule has 22 heavy (non-hydrogen) atoms. The van der Waals surface area contributed by atoms with Crippen LogP contribution >= 0.6 is 0 Å². The predicted molar refractivity (Wildman–Crippen MR) is 77.9 cm³/mol. The summed E-state index contributed by atoms with van der Waals surface area (Å²) in [6, 6.07) is 6.51. The van der Waals surface area contributed by atoms with E-state index in [4.69, 9.17) is 13.9 Å². The third-order valence-electron chi connectivity index (χ3n) is 3.26. The topological polar surface area (TPSA) is 93.0 Å². The first-order valence-electron chi connectivity index (χ1n) is 6.87. The normalized spacial score (nSPS) is 13.7. The lowest BCUT2D eigenvalue weighted by atomic mass is 10.1. The van der Waals surface area contributed by atoms with E-state index in [1.54, 1.807) is 24.3 Å². The average Bonchev–Trinajstić information content (AvgIpc) is 3.18. The van der Waals surface area contributed by atoms with Crippen LogP contribution in [0.3, 0.4) is 0 Å². The van der Waals surface area contributed by atoms with Gasteiger partial charge in [0.1, 0.15) is 0 Å². The van der Waals surface area contributed by atoms with E-state index in [1.165, 1.54) is 12.5 Å². The SMILES string of the molecule is O=C(NCC[C@@H](O)c1ccoc1)Nc1ccc2c(c1)OCO2. The van der Waals surface area contributed by atoms with Crippen LogP contribution in [0.25, 0.3) is 0 Å². The minimum absolute atomic E-state index is 0.191. The zero-order chi connectivity index (χ0) is 15.4. The molecule has 3 N–H and O–H groups in total. The van der Waals surface area contributed by atoms with E-state index in [-0.39, 0.29) is 12.8 Å². The van der Waals surface area contributed by atoms with Crippen LogP contribution in [0, 0.1) is 0 Å². The van der Waals surface area contributed by atoms with E-state index in [0.717, 1.165) is 0 Å². The maximum atomic E-state index is 11.8. The molecule has 0 saturated heterocycles. The molecule has 1 aliphatic rings. The van der Waals surface area contributed by atoms with Crippen molar-refractivity contribution >= 4 is 11.7 Å². The van der Waals surface area contributed by atoms with Crippen molar-refractivity contribution < 1.29 is 23.8 Å². The maximum Gasteiger partial charge on any atom is 0.319 e. The highest BCUT2D eigenvalue weighted by Gasteiger charge is 2.14. The van der Waals surface area contributed by atoms with E-state index in [1.807, 2.05) is 0 Å². The Hall–Kier alpha value is -2.67. The van der Waals surface area contributed by atoms with Crippen LogP contribution in [0.5, 0.6) is 11.5 Å². The molecule has 3 rings (SSSR count). The molecule has 2 amide bonds. The monoisotopic (exact) mass is 304 g/mol. The molecule has 2 aromatic rings. The summed E-state index contributed by atoms with van der Waals surface area (Å²) in [5.41, 5.74) is 1.30. The Morgan fingerprint density at radius 1 is 1.27 bits per heavy atom. The first-order chi connectivity index (χ1) is 10.7. The molecule has 116 valence electrons. The molecular formula is C15H16N2O5. The van der Waals surface area contributed by atoms with E-state index < -0.39 is 6.10 Å². The average molecular weight is 304 g/mol. The fourth-order valence-corrected chi connectivity index (χ4v) is 2.10. The fraction of sp³-hybridized carbons (Fsp3) is 0.267. The minimum Gasteiger partial charge on any atom is -0.472 e. The second kappa shape index (κ2) is 6.40. The second-order valence-electron chi connectivity index (χ2n) is 4.81. The number of hydrogen-bond donors (Lipinski definition) is 3. The summed E-state index contributed by atoms with van der Waals surface area (Å²) in [4.78, 5) is 11.8. The van der Waals surface area contributed by atoms with Crippen molar-refractivity contribution in [2.75, 3.05) is 18.7 Å². The molecule has 7 heteroatoms. The predicted octanol–water partition coefficient (Wildman–Crippen LogP) is 2.25. The molecule has 1 aromatic carbocycles. The number of nitrogens with one attached hydrogen (secondary N) is 2. The van der Waals surface area contributed by atoms with Crippen molar-refractivity contribution in [3.8, 4) is 11.5 Å². The largest absolute Gasteiger partial charge is 0.472 e. The minimum atomic E-state index is -0.662. The van der Waals surface area contributed by atoms with Crippen molar-refractivity contribution in [2.24, 2.45) is 0 Å². The number of ether oxygens (including phenoxy) is 2. The van der Waals surface area contributed by atoms with Gasteiger partial charge < -0.3 is 29.6 Å². The van der Waals surface area contributed by atoms with E-state index in [0.29, 0.717) is 35.7 Å². The molecule has 0 unspecified atom stereocenters. The quantitative estimate of drug-likeness (QED) is 0.788. The van der Waals surface area contributed by atoms with Gasteiger partial charge in [0.15, 0.2) is 11.5 Å². The maximum absolute atomic E-state index is 11.8. The van der Waals surface area contributed by atoms with Gasteiger partial charge in [0.25, 0.3) is 0 Å². The van der Waals surface area contributed by atoms with Gasteiger partial charge in [0, 0.05) is 23.9 Å². The highest BCUT2D eigenvalue weighted by molar-refractivity contribution is 5.89. The summed E-state index contributed by atoms with van der Waals surface area (Å²) in [7, 11) is 0. The van der Waals surface area contributed by atoms with Crippen molar-refractivity contribution in [1.82, 2.24) is 5.32 Å². The summed E-state index contributed by atoms with van der Waals surface area (Å²) < 4.78 is 15.3. The molecule has 1 aliphatic heterocycles. The number of aliphatic hydroxyl groups excluding tert-OH is 1. The van der Waals surface area contributed by atoms with E-state index >= 15 is 0 Å². The van der Waals surface area contributed by atoms with Crippen molar-refractivity contribution in [1.29, 1.82) is 0 Å². The third-order valence-corrected chi connectivity index (χ3v) is 3.26. The summed E-state index contributed by atoms with van der Waals surface area (Å²) in [6.45, 7) is 0.527. The molecule has 1 aromatic heterocycles. The molecule has 7 nitrogen and oxygen atoms in total. The molecule has 2 heterocycles. The fourth-order valence-electron chi connectivity index (χ4n) is 2.10. The van der Waals surface area contributed by atoms with Crippen LogP contribution in [0.4, 0.5) is 10.5 Å². The Morgan fingerprint density at radius 3 is 2.95 bits per heavy atom. The van der Waals surface area contributed by atoms with Gasteiger partial charge in [-0.25, -0.2) is 4.79 Å². The third kappa shape index (κ3) is 3.32. The Bertz CT molecular complexity index is 641. The van der Waals surface area contributed by atoms with Crippen LogP contribution in [-0.4, -0.2) is 24.5 Å². The van der Waals surface area contributed by atoms with E-state index in [2.05, 4.69) is 10.6 Å². The number of benzene rings is 1. The number of fused-ring (bicyclic) bond motifs is 1. The lowest BCUT2D eigenvalue weighted by Crippen LogP contribution is -2.30. The number of aliphatic hydroxyl groups is 1. The zero-order valence-corrected chi connectivity index (χ0v) is 11.7. The number of rotatable bonds is 5. The van der Waals surface area contributed by atoms with Crippen LogP contribution in [0.15, 0.2) is 41.2 Å². The summed E-state index contributed by atoms with van der Waals surface area (Å²) in [5.74, 6) is 1.27. The van der Waals surface area contributed by atoms with Gasteiger partial charge in [0.2, 0.25) is 6.79 Å². The number of furan rings is 1. The van der Waals surface area contributed by atoms with Gasteiger partial charge in [-0.05, 0) is 24.6 Å². The zero-order valence-electron chi connectivity index (χ0n) is 11.7. The smallest absolute Gasteiger partial charge is 0.319 e.